The molecular weight excluding hydrogens is 268 g/mol. The lowest BCUT2D eigenvalue weighted by molar-refractivity contribution is 0.0601. The van der Waals surface area contributed by atoms with Gasteiger partial charge in [-0.1, -0.05) is 32.1 Å². The van der Waals surface area contributed by atoms with Crippen molar-refractivity contribution >= 4 is 17.2 Å². The summed E-state index contributed by atoms with van der Waals surface area (Å²) in [6, 6.07) is 1.88. The highest BCUT2D eigenvalue weighted by Gasteiger charge is 2.30. The molecule has 0 unspecified atom stereocenters. The van der Waals surface area contributed by atoms with E-state index in [1.807, 2.05) is 16.3 Å². The van der Waals surface area contributed by atoms with Crippen LogP contribution in [0.2, 0.25) is 0 Å². The zero-order valence-electron chi connectivity index (χ0n) is 12.2. The Labute approximate surface area is 125 Å². The van der Waals surface area contributed by atoms with E-state index in [4.69, 9.17) is 5.73 Å². The zero-order chi connectivity index (χ0) is 14.6. The van der Waals surface area contributed by atoms with Crippen molar-refractivity contribution in [3.05, 3.63) is 21.9 Å². The standard InChI is InChI=1S/C16H22N2OS/c1-3-16(2)6-9-18(10-7-16)15(19)13-11-14(20-12-13)5-4-8-17/h11-12H,3,6-10,17H2,1-2H3. The second kappa shape index (κ2) is 6.43. The molecule has 1 aliphatic heterocycles. The van der Waals surface area contributed by atoms with Crippen LogP contribution in [0.4, 0.5) is 0 Å². The molecule has 1 aromatic heterocycles. The van der Waals surface area contributed by atoms with Crippen LogP contribution in [0.25, 0.3) is 0 Å². The summed E-state index contributed by atoms with van der Waals surface area (Å²) in [7, 11) is 0. The van der Waals surface area contributed by atoms with E-state index in [1.54, 1.807) is 0 Å². The van der Waals surface area contributed by atoms with Crippen molar-refractivity contribution in [2.45, 2.75) is 33.1 Å². The first-order valence-electron chi connectivity index (χ1n) is 7.15. The number of carbonyl (C=O) groups is 1. The molecule has 2 heterocycles. The van der Waals surface area contributed by atoms with Crippen molar-refractivity contribution in [1.29, 1.82) is 0 Å². The maximum atomic E-state index is 12.4. The highest BCUT2D eigenvalue weighted by molar-refractivity contribution is 7.10. The molecule has 20 heavy (non-hydrogen) atoms. The third kappa shape index (κ3) is 3.41. The van der Waals surface area contributed by atoms with Crippen molar-refractivity contribution < 1.29 is 4.79 Å². The van der Waals surface area contributed by atoms with E-state index in [9.17, 15) is 4.79 Å². The van der Waals surface area contributed by atoms with Gasteiger partial charge in [0.2, 0.25) is 0 Å². The quantitative estimate of drug-likeness (QED) is 0.851. The maximum Gasteiger partial charge on any atom is 0.254 e. The monoisotopic (exact) mass is 290 g/mol. The second-order valence-electron chi connectivity index (χ2n) is 5.66. The summed E-state index contributed by atoms with van der Waals surface area (Å²) in [4.78, 5) is 15.3. The Balaban J connectivity index is 2.00. The van der Waals surface area contributed by atoms with Crippen LogP contribution in [0.3, 0.4) is 0 Å². The van der Waals surface area contributed by atoms with Crippen LogP contribution in [0, 0.1) is 17.3 Å². The van der Waals surface area contributed by atoms with E-state index >= 15 is 0 Å². The van der Waals surface area contributed by atoms with Gasteiger partial charge in [-0.2, -0.15) is 0 Å². The van der Waals surface area contributed by atoms with Crippen LogP contribution in [0.5, 0.6) is 0 Å². The molecule has 108 valence electrons. The summed E-state index contributed by atoms with van der Waals surface area (Å²) in [6.07, 6.45) is 3.38. The topological polar surface area (TPSA) is 46.3 Å². The Morgan fingerprint density at radius 3 is 2.80 bits per heavy atom. The van der Waals surface area contributed by atoms with E-state index < -0.39 is 0 Å². The number of hydrogen-bond acceptors (Lipinski definition) is 3. The van der Waals surface area contributed by atoms with Crippen LogP contribution >= 0.6 is 11.3 Å². The molecule has 0 spiro atoms. The molecular formula is C16H22N2OS. The first-order valence-corrected chi connectivity index (χ1v) is 8.03. The molecule has 3 nitrogen and oxygen atoms in total. The Hall–Kier alpha value is -1.31. The van der Waals surface area contributed by atoms with Gasteiger partial charge >= 0.3 is 0 Å². The number of nitrogens with zero attached hydrogens (tertiary/aromatic N) is 1. The molecule has 2 rings (SSSR count). The maximum absolute atomic E-state index is 12.4. The van der Waals surface area contributed by atoms with E-state index in [0.717, 1.165) is 36.4 Å². The highest BCUT2D eigenvalue weighted by atomic mass is 32.1. The number of hydrogen-bond donors (Lipinski definition) is 1. The number of piperidine rings is 1. The molecule has 1 amide bonds. The average Bonchev–Trinajstić information content (AvgIpc) is 2.94. The van der Waals surface area contributed by atoms with Crippen LogP contribution in [-0.4, -0.2) is 30.4 Å². The number of thiophene rings is 1. The molecule has 4 heteroatoms. The molecule has 0 bridgehead atoms. The summed E-state index contributed by atoms with van der Waals surface area (Å²) in [6.45, 7) is 6.63. The summed E-state index contributed by atoms with van der Waals surface area (Å²) in [5, 5.41) is 1.90. The lowest BCUT2D eigenvalue weighted by Crippen LogP contribution is -2.41. The van der Waals surface area contributed by atoms with Gasteiger partial charge in [-0.15, -0.1) is 11.3 Å². The Morgan fingerprint density at radius 2 is 2.20 bits per heavy atom. The van der Waals surface area contributed by atoms with Gasteiger partial charge in [-0.3, -0.25) is 4.79 Å². The van der Waals surface area contributed by atoms with Crippen LogP contribution in [-0.2, 0) is 0 Å². The minimum atomic E-state index is 0.139. The number of carbonyl (C=O) groups excluding carboxylic acids is 1. The van der Waals surface area contributed by atoms with Crippen molar-refractivity contribution in [1.82, 2.24) is 4.90 Å². The lowest BCUT2D eigenvalue weighted by atomic mass is 9.78. The smallest absolute Gasteiger partial charge is 0.254 e. The Kier molecular flexibility index (Phi) is 4.85. The van der Waals surface area contributed by atoms with Crippen molar-refractivity contribution in [3.8, 4) is 11.8 Å². The summed E-state index contributed by atoms with van der Waals surface area (Å²) in [5.74, 6) is 5.93. The van der Waals surface area contributed by atoms with Crippen molar-refractivity contribution in [3.63, 3.8) is 0 Å². The van der Waals surface area contributed by atoms with Gasteiger partial charge in [0, 0.05) is 18.5 Å². The van der Waals surface area contributed by atoms with Gasteiger partial charge in [-0.25, -0.2) is 0 Å². The van der Waals surface area contributed by atoms with Gasteiger partial charge in [0.1, 0.15) is 0 Å². The fourth-order valence-electron chi connectivity index (χ4n) is 2.44. The van der Waals surface area contributed by atoms with Gasteiger partial charge < -0.3 is 10.6 Å². The molecule has 0 atom stereocenters. The molecule has 0 aliphatic carbocycles. The molecule has 1 saturated heterocycles. The second-order valence-corrected chi connectivity index (χ2v) is 6.57. The molecule has 0 radical (unpaired) electrons. The van der Waals surface area contributed by atoms with Crippen LogP contribution in [0.1, 0.15) is 48.3 Å². The Bertz CT molecular complexity index is 530. The summed E-state index contributed by atoms with van der Waals surface area (Å²) >= 11 is 1.51. The Morgan fingerprint density at radius 1 is 1.50 bits per heavy atom. The van der Waals surface area contributed by atoms with Gasteiger partial charge in [0.15, 0.2) is 0 Å². The van der Waals surface area contributed by atoms with E-state index in [2.05, 4.69) is 25.7 Å². The van der Waals surface area contributed by atoms with Gasteiger partial charge in [0.05, 0.1) is 17.0 Å². The normalized spacial score (nSPS) is 17.4. The largest absolute Gasteiger partial charge is 0.339 e. The number of rotatable bonds is 2. The molecule has 0 saturated carbocycles. The molecule has 1 fully saturated rings. The SMILES string of the molecule is CCC1(C)CCN(C(=O)c2csc(C#CCN)c2)CC1. The zero-order valence-corrected chi connectivity index (χ0v) is 13.1. The highest BCUT2D eigenvalue weighted by Crippen LogP contribution is 2.34. The van der Waals surface area contributed by atoms with Crippen molar-refractivity contribution in [2.75, 3.05) is 19.6 Å². The molecule has 0 aromatic carbocycles. The van der Waals surface area contributed by atoms with E-state index in [-0.39, 0.29) is 5.91 Å². The summed E-state index contributed by atoms with van der Waals surface area (Å²) in [5.41, 5.74) is 6.52. The third-order valence-electron chi connectivity index (χ3n) is 4.27. The first-order chi connectivity index (χ1) is 9.58. The minimum Gasteiger partial charge on any atom is -0.339 e. The fourth-order valence-corrected chi connectivity index (χ4v) is 3.19. The van der Waals surface area contributed by atoms with Gasteiger partial charge in [0.25, 0.3) is 5.91 Å². The van der Waals surface area contributed by atoms with Crippen LogP contribution in [0.15, 0.2) is 11.4 Å². The van der Waals surface area contributed by atoms with Gasteiger partial charge in [-0.05, 0) is 24.3 Å². The van der Waals surface area contributed by atoms with E-state index in [0.29, 0.717) is 12.0 Å². The van der Waals surface area contributed by atoms with Crippen LogP contribution < -0.4 is 5.73 Å². The molecule has 2 N–H and O–H groups in total. The fraction of sp³-hybridized carbons (Fsp3) is 0.562. The average molecular weight is 290 g/mol. The summed E-state index contributed by atoms with van der Waals surface area (Å²) < 4.78 is 0. The number of likely N-dealkylation sites (tertiary alicyclic amines) is 1. The third-order valence-corrected chi connectivity index (χ3v) is 5.12. The number of nitrogens with two attached hydrogens (primary N) is 1. The lowest BCUT2D eigenvalue weighted by Gasteiger charge is -2.38. The van der Waals surface area contributed by atoms with Crippen molar-refractivity contribution in [2.24, 2.45) is 11.1 Å². The number of amides is 1. The predicted molar refractivity (Wildman–Crippen MR) is 83.8 cm³/mol. The minimum absolute atomic E-state index is 0.139. The predicted octanol–water partition coefficient (Wildman–Crippen LogP) is 2.71. The van der Waals surface area contributed by atoms with E-state index in [1.165, 1.54) is 17.8 Å². The molecule has 1 aromatic rings. The first kappa shape index (κ1) is 15.1. The molecule has 1 aliphatic rings.